The molecule has 0 saturated heterocycles. The highest BCUT2D eigenvalue weighted by Gasteiger charge is 2.24. The van der Waals surface area contributed by atoms with Gasteiger partial charge in [-0.05, 0) is 18.2 Å². The molecule has 0 spiro atoms. The van der Waals surface area contributed by atoms with Crippen LogP contribution in [-0.2, 0) is 4.79 Å². The van der Waals surface area contributed by atoms with Crippen molar-refractivity contribution in [3.63, 3.8) is 0 Å². The number of hydrogen-bond acceptors (Lipinski definition) is 3. The molecule has 0 aliphatic heterocycles. The number of hydrogen-bond donors (Lipinski definition) is 1. The lowest BCUT2D eigenvalue weighted by molar-refractivity contribution is -0.122. The number of nitrogens with one attached hydrogen (secondary N) is 1. The highest BCUT2D eigenvalue weighted by Crippen LogP contribution is 2.26. The average molecular weight is 297 g/mol. The molecule has 0 radical (unpaired) electrons. The van der Waals surface area contributed by atoms with Crippen LogP contribution < -0.4 is 5.32 Å². The smallest absolute Gasteiger partial charge is 0.180 e. The molecule has 1 N–H and O–H groups in total. The van der Waals surface area contributed by atoms with Gasteiger partial charge in [0.25, 0.3) is 0 Å². The van der Waals surface area contributed by atoms with Crippen molar-refractivity contribution in [1.29, 1.82) is 5.26 Å². The maximum atomic E-state index is 12.0. The van der Waals surface area contributed by atoms with Crippen LogP contribution in [0.4, 0.5) is 5.69 Å². The number of benzene rings is 1. The van der Waals surface area contributed by atoms with E-state index in [0.717, 1.165) is 0 Å². The summed E-state index contributed by atoms with van der Waals surface area (Å²) >= 11 is 11.8. The van der Waals surface area contributed by atoms with E-state index in [2.05, 4.69) is 5.32 Å². The van der Waals surface area contributed by atoms with Crippen molar-refractivity contribution in [2.75, 3.05) is 5.32 Å². The van der Waals surface area contributed by atoms with E-state index in [1.165, 1.54) is 6.20 Å². The van der Waals surface area contributed by atoms with Crippen LogP contribution in [0.2, 0.25) is 10.0 Å². The summed E-state index contributed by atoms with van der Waals surface area (Å²) in [6.45, 7) is 5.28. The molecule has 0 fully saturated rings. The third-order valence-corrected chi connectivity index (χ3v) is 2.90. The number of anilines is 1. The summed E-state index contributed by atoms with van der Waals surface area (Å²) in [5.74, 6) is -0.229. The number of nitrogens with zero attached hydrogens (tertiary/aromatic N) is 1. The van der Waals surface area contributed by atoms with Crippen molar-refractivity contribution in [2.24, 2.45) is 5.41 Å². The van der Waals surface area contributed by atoms with Crippen LogP contribution in [-0.4, -0.2) is 5.78 Å². The SMILES string of the molecule is CC(C)(C)C(=O)C(C#N)=CNc1ccc(Cl)cc1Cl. The van der Waals surface area contributed by atoms with E-state index in [9.17, 15) is 4.79 Å². The van der Waals surface area contributed by atoms with Crippen LogP contribution in [0.1, 0.15) is 20.8 Å². The Labute approximate surface area is 122 Å². The number of rotatable bonds is 3. The summed E-state index contributed by atoms with van der Waals surface area (Å²) in [6.07, 6.45) is 1.36. The summed E-state index contributed by atoms with van der Waals surface area (Å²) in [4.78, 5) is 12.0. The van der Waals surface area contributed by atoms with E-state index in [0.29, 0.717) is 15.7 Å². The molecule has 0 unspecified atom stereocenters. The van der Waals surface area contributed by atoms with Gasteiger partial charge in [0.05, 0.1) is 10.7 Å². The number of Topliss-reactive ketones (excluding diaryl/α,β-unsaturated/α-hetero) is 1. The van der Waals surface area contributed by atoms with Crippen LogP contribution in [0.25, 0.3) is 0 Å². The first-order valence-corrected chi connectivity index (χ1v) is 6.38. The van der Waals surface area contributed by atoms with E-state index in [-0.39, 0.29) is 11.4 Å². The number of allylic oxidation sites excluding steroid dienone is 1. The lowest BCUT2D eigenvalue weighted by Crippen LogP contribution is -2.22. The minimum atomic E-state index is -0.604. The molecular weight excluding hydrogens is 283 g/mol. The Hall–Kier alpha value is -1.50. The van der Waals surface area contributed by atoms with Crippen molar-refractivity contribution in [3.05, 3.63) is 40.0 Å². The zero-order chi connectivity index (χ0) is 14.6. The molecule has 0 aromatic heterocycles. The second-order valence-corrected chi connectivity index (χ2v) is 5.86. The first-order valence-electron chi connectivity index (χ1n) is 5.62. The Morgan fingerprint density at radius 1 is 1.37 bits per heavy atom. The van der Waals surface area contributed by atoms with Crippen LogP contribution in [0, 0.1) is 16.7 Å². The van der Waals surface area contributed by atoms with Crippen LogP contribution in [0.15, 0.2) is 30.0 Å². The molecule has 19 heavy (non-hydrogen) atoms. The Balaban J connectivity index is 2.96. The predicted molar refractivity (Wildman–Crippen MR) is 78.2 cm³/mol. The van der Waals surface area contributed by atoms with E-state index in [1.54, 1.807) is 39.0 Å². The molecule has 0 saturated carbocycles. The van der Waals surface area contributed by atoms with E-state index in [1.807, 2.05) is 6.07 Å². The zero-order valence-corrected chi connectivity index (χ0v) is 12.4. The Bertz CT molecular complexity index is 566. The average Bonchev–Trinajstić information content (AvgIpc) is 2.30. The lowest BCUT2D eigenvalue weighted by Gasteiger charge is -2.15. The van der Waals surface area contributed by atoms with Gasteiger partial charge in [-0.1, -0.05) is 44.0 Å². The van der Waals surface area contributed by atoms with Gasteiger partial charge >= 0.3 is 0 Å². The van der Waals surface area contributed by atoms with Crippen molar-refractivity contribution < 1.29 is 4.79 Å². The first-order chi connectivity index (χ1) is 8.75. The Morgan fingerprint density at radius 3 is 2.47 bits per heavy atom. The number of carbonyl (C=O) groups is 1. The molecule has 1 rings (SSSR count). The van der Waals surface area contributed by atoms with Gasteiger partial charge in [-0.3, -0.25) is 4.79 Å². The second kappa shape index (κ2) is 6.10. The minimum Gasteiger partial charge on any atom is -0.359 e. The monoisotopic (exact) mass is 296 g/mol. The number of carbonyl (C=O) groups excluding carboxylic acids is 1. The summed E-state index contributed by atoms with van der Waals surface area (Å²) < 4.78 is 0. The standard InChI is InChI=1S/C14H14Cl2N2O/c1-14(2,3)13(19)9(7-17)8-18-12-5-4-10(15)6-11(12)16/h4-6,8,18H,1-3H3. The first kappa shape index (κ1) is 15.6. The van der Waals surface area contributed by atoms with E-state index >= 15 is 0 Å². The summed E-state index contributed by atoms with van der Waals surface area (Å²) in [5, 5.41) is 12.8. The zero-order valence-electron chi connectivity index (χ0n) is 10.9. The fourth-order valence-electron chi connectivity index (χ4n) is 1.31. The van der Waals surface area contributed by atoms with Gasteiger partial charge in [-0.2, -0.15) is 5.26 Å². The molecule has 0 atom stereocenters. The summed E-state index contributed by atoms with van der Waals surface area (Å²) in [5.41, 5.74) is 0.0339. The molecule has 0 heterocycles. The number of nitriles is 1. The number of ketones is 1. The third-order valence-electron chi connectivity index (χ3n) is 2.35. The fourth-order valence-corrected chi connectivity index (χ4v) is 1.77. The van der Waals surface area contributed by atoms with Crippen molar-refractivity contribution in [3.8, 4) is 6.07 Å². The van der Waals surface area contributed by atoms with Gasteiger partial charge in [-0.15, -0.1) is 0 Å². The van der Waals surface area contributed by atoms with E-state index < -0.39 is 5.41 Å². The van der Waals surface area contributed by atoms with Gasteiger partial charge in [0.1, 0.15) is 11.6 Å². The molecule has 0 bridgehead atoms. The molecule has 5 heteroatoms. The van der Waals surface area contributed by atoms with Crippen LogP contribution >= 0.6 is 23.2 Å². The van der Waals surface area contributed by atoms with E-state index in [4.69, 9.17) is 28.5 Å². The van der Waals surface area contributed by atoms with Gasteiger partial charge in [0, 0.05) is 16.6 Å². The summed E-state index contributed by atoms with van der Waals surface area (Å²) in [6, 6.07) is 6.82. The van der Waals surface area contributed by atoms with Gasteiger partial charge in [0.15, 0.2) is 5.78 Å². The Morgan fingerprint density at radius 2 is 2.00 bits per heavy atom. The largest absolute Gasteiger partial charge is 0.359 e. The third kappa shape index (κ3) is 4.27. The molecule has 0 amide bonds. The van der Waals surface area contributed by atoms with Crippen molar-refractivity contribution in [1.82, 2.24) is 0 Å². The van der Waals surface area contributed by atoms with Crippen molar-refractivity contribution in [2.45, 2.75) is 20.8 Å². The molecule has 0 aliphatic carbocycles. The molecule has 100 valence electrons. The summed E-state index contributed by atoms with van der Waals surface area (Å²) in [7, 11) is 0. The minimum absolute atomic E-state index is 0.0542. The second-order valence-electron chi connectivity index (χ2n) is 5.02. The number of halogens is 2. The molecule has 1 aromatic carbocycles. The lowest BCUT2D eigenvalue weighted by atomic mass is 9.87. The van der Waals surface area contributed by atoms with Crippen molar-refractivity contribution >= 4 is 34.7 Å². The molecule has 0 aliphatic rings. The fraction of sp³-hybridized carbons (Fsp3) is 0.286. The predicted octanol–water partition coefficient (Wildman–Crippen LogP) is 4.43. The van der Waals surface area contributed by atoms with Gasteiger partial charge in [-0.25, -0.2) is 0 Å². The molecular formula is C14H14Cl2N2O. The van der Waals surface area contributed by atoms with Crippen LogP contribution in [0.3, 0.4) is 0 Å². The molecule has 1 aromatic rings. The van der Waals surface area contributed by atoms with Gasteiger partial charge < -0.3 is 5.32 Å². The quantitative estimate of drug-likeness (QED) is 0.663. The van der Waals surface area contributed by atoms with Gasteiger partial charge in [0.2, 0.25) is 0 Å². The Kier molecular flexibility index (Phi) is 4.99. The maximum Gasteiger partial charge on any atom is 0.180 e. The highest BCUT2D eigenvalue weighted by molar-refractivity contribution is 6.36. The van der Waals surface area contributed by atoms with Crippen LogP contribution in [0.5, 0.6) is 0 Å². The molecule has 3 nitrogen and oxygen atoms in total. The topological polar surface area (TPSA) is 52.9 Å². The highest BCUT2D eigenvalue weighted by atomic mass is 35.5. The normalized spacial score (nSPS) is 11.9. The maximum absolute atomic E-state index is 12.0.